The Hall–Kier alpha value is -4.50. The van der Waals surface area contributed by atoms with Crippen molar-refractivity contribution in [1.29, 1.82) is 0 Å². The van der Waals surface area contributed by atoms with E-state index in [1.54, 1.807) is 18.1 Å². The second-order valence-electron chi connectivity index (χ2n) is 9.55. The minimum atomic E-state index is -0.153. The zero-order valence-electron chi connectivity index (χ0n) is 21.7. The summed E-state index contributed by atoms with van der Waals surface area (Å²) in [7, 11) is 1.78. The van der Waals surface area contributed by atoms with Gasteiger partial charge in [-0.2, -0.15) is 0 Å². The normalized spacial score (nSPS) is 13.7. The van der Waals surface area contributed by atoms with Crippen molar-refractivity contribution in [2.24, 2.45) is 0 Å². The predicted molar refractivity (Wildman–Crippen MR) is 151 cm³/mol. The van der Waals surface area contributed by atoms with E-state index in [-0.39, 0.29) is 5.91 Å². The van der Waals surface area contributed by atoms with Gasteiger partial charge in [-0.1, -0.05) is 18.2 Å². The molecule has 0 atom stereocenters. The largest absolute Gasteiger partial charge is 0.378 e. The number of rotatable bonds is 5. The number of amides is 1. The van der Waals surface area contributed by atoms with Crippen LogP contribution in [0.2, 0.25) is 0 Å². The number of para-hydroxylation sites is 1. The molecule has 0 spiro atoms. The standard InChI is InChI=1S/C29H29N7O2/c1-18-5-4-6-20-17-30-29(34-26(18)20)33-21-15-24(27-25(16-21)31-19(2)32-27)28(37)35(3)22-7-9-23(10-8-22)36-11-13-38-14-12-36/h4-10,15-17H,11-14H2,1-3H3,(H,31,32)(H,30,33,34). The highest BCUT2D eigenvalue weighted by Gasteiger charge is 2.21. The van der Waals surface area contributed by atoms with Crippen molar-refractivity contribution in [2.75, 3.05) is 48.5 Å². The van der Waals surface area contributed by atoms with E-state index in [0.29, 0.717) is 22.7 Å². The molecule has 1 fully saturated rings. The molecule has 192 valence electrons. The number of carbonyl (C=O) groups is 1. The third kappa shape index (κ3) is 4.52. The number of anilines is 4. The molecule has 6 rings (SSSR count). The number of hydrogen-bond donors (Lipinski definition) is 2. The number of aryl methyl sites for hydroxylation is 2. The quantitative estimate of drug-likeness (QED) is 0.346. The summed E-state index contributed by atoms with van der Waals surface area (Å²) in [6.45, 7) is 7.10. The van der Waals surface area contributed by atoms with Crippen molar-refractivity contribution in [3.05, 3.63) is 77.7 Å². The van der Waals surface area contributed by atoms with E-state index in [2.05, 4.69) is 37.3 Å². The van der Waals surface area contributed by atoms with Crippen LogP contribution < -0.4 is 15.1 Å². The minimum Gasteiger partial charge on any atom is -0.378 e. The summed E-state index contributed by atoms with van der Waals surface area (Å²) >= 11 is 0. The van der Waals surface area contributed by atoms with E-state index in [0.717, 1.165) is 65.5 Å². The van der Waals surface area contributed by atoms with Crippen LogP contribution in [-0.4, -0.2) is 59.2 Å². The highest BCUT2D eigenvalue weighted by atomic mass is 16.5. The Morgan fingerprint density at radius 2 is 1.82 bits per heavy atom. The Balaban J connectivity index is 1.31. The van der Waals surface area contributed by atoms with Gasteiger partial charge in [-0.3, -0.25) is 4.79 Å². The number of fused-ring (bicyclic) bond motifs is 2. The first-order valence-corrected chi connectivity index (χ1v) is 12.7. The maximum absolute atomic E-state index is 13.8. The Labute approximate surface area is 220 Å². The van der Waals surface area contributed by atoms with Crippen molar-refractivity contribution in [1.82, 2.24) is 19.9 Å². The number of aromatic nitrogens is 4. The lowest BCUT2D eigenvalue weighted by Gasteiger charge is -2.29. The summed E-state index contributed by atoms with van der Waals surface area (Å²) in [6.07, 6.45) is 1.80. The molecule has 0 unspecified atom stereocenters. The van der Waals surface area contributed by atoms with Gasteiger partial charge in [0.1, 0.15) is 11.3 Å². The topological polar surface area (TPSA) is 99.3 Å². The summed E-state index contributed by atoms with van der Waals surface area (Å²) in [6, 6.07) is 17.8. The van der Waals surface area contributed by atoms with Crippen LogP contribution in [0.5, 0.6) is 0 Å². The van der Waals surface area contributed by atoms with Crippen molar-refractivity contribution >= 4 is 50.9 Å². The van der Waals surface area contributed by atoms with Crippen molar-refractivity contribution in [3.8, 4) is 0 Å². The van der Waals surface area contributed by atoms with Crippen molar-refractivity contribution in [2.45, 2.75) is 13.8 Å². The number of nitrogens with one attached hydrogen (secondary N) is 2. The molecule has 0 aliphatic carbocycles. The molecule has 0 radical (unpaired) electrons. The van der Waals surface area contributed by atoms with Crippen LogP contribution in [0.15, 0.2) is 60.8 Å². The molecule has 9 heteroatoms. The van der Waals surface area contributed by atoms with Gasteiger partial charge in [-0.05, 0) is 55.8 Å². The summed E-state index contributed by atoms with van der Waals surface area (Å²) < 4.78 is 5.46. The second-order valence-corrected chi connectivity index (χ2v) is 9.55. The molecule has 38 heavy (non-hydrogen) atoms. The number of benzene rings is 3. The molecule has 1 aliphatic rings. The summed E-state index contributed by atoms with van der Waals surface area (Å²) in [4.78, 5) is 34.8. The van der Waals surface area contributed by atoms with Gasteiger partial charge in [-0.25, -0.2) is 15.0 Å². The average Bonchev–Trinajstić information content (AvgIpc) is 3.33. The van der Waals surface area contributed by atoms with E-state index in [4.69, 9.17) is 9.72 Å². The van der Waals surface area contributed by atoms with Gasteiger partial charge in [0.05, 0.1) is 29.8 Å². The fourth-order valence-corrected chi connectivity index (χ4v) is 4.88. The predicted octanol–water partition coefficient (Wildman–Crippen LogP) is 4.98. The maximum atomic E-state index is 13.8. The molecule has 2 aromatic heterocycles. The van der Waals surface area contributed by atoms with Gasteiger partial charge < -0.3 is 24.8 Å². The number of ether oxygens (including phenoxy) is 1. The van der Waals surface area contributed by atoms with Gasteiger partial charge >= 0.3 is 0 Å². The highest BCUT2D eigenvalue weighted by Crippen LogP contribution is 2.28. The summed E-state index contributed by atoms with van der Waals surface area (Å²) in [5.41, 5.74) is 6.48. The molecule has 1 saturated heterocycles. The van der Waals surface area contributed by atoms with E-state index in [1.807, 2.05) is 56.3 Å². The van der Waals surface area contributed by atoms with Crippen molar-refractivity contribution < 1.29 is 9.53 Å². The van der Waals surface area contributed by atoms with E-state index >= 15 is 0 Å². The number of carbonyl (C=O) groups excluding carboxylic acids is 1. The molecule has 3 heterocycles. The van der Waals surface area contributed by atoms with E-state index in [9.17, 15) is 4.79 Å². The van der Waals surface area contributed by atoms with Gasteiger partial charge in [0.15, 0.2) is 0 Å². The molecular weight excluding hydrogens is 478 g/mol. The monoisotopic (exact) mass is 507 g/mol. The SMILES string of the molecule is Cc1nc2c(C(=O)N(C)c3ccc(N4CCOCC4)cc3)cc(Nc3ncc4cccc(C)c4n3)cc2[nH]1. The number of morpholine rings is 1. The zero-order chi connectivity index (χ0) is 26.2. The Bertz CT molecular complexity index is 1640. The molecule has 1 amide bonds. The molecule has 5 aromatic rings. The van der Waals surface area contributed by atoms with Crippen LogP contribution in [0.4, 0.5) is 23.0 Å². The molecule has 1 aliphatic heterocycles. The molecular formula is C29H29N7O2. The van der Waals surface area contributed by atoms with Crippen LogP contribution in [0, 0.1) is 13.8 Å². The maximum Gasteiger partial charge on any atom is 0.260 e. The number of imidazole rings is 1. The van der Waals surface area contributed by atoms with Crippen LogP contribution in [0.1, 0.15) is 21.7 Å². The number of aromatic amines is 1. The molecule has 9 nitrogen and oxygen atoms in total. The second kappa shape index (κ2) is 9.75. The number of hydrogen-bond acceptors (Lipinski definition) is 7. The fraction of sp³-hybridized carbons (Fsp3) is 0.241. The lowest BCUT2D eigenvalue weighted by atomic mass is 10.1. The first-order valence-electron chi connectivity index (χ1n) is 12.7. The van der Waals surface area contributed by atoms with Crippen molar-refractivity contribution in [3.63, 3.8) is 0 Å². The lowest BCUT2D eigenvalue weighted by molar-refractivity contribution is 0.0994. The van der Waals surface area contributed by atoms with Crippen LogP contribution in [-0.2, 0) is 4.74 Å². The molecule has 0 saturated carbocycles. The van der Waals surface area contributed by atoms with Crippen LogP contribution >= 0.6 is 0 Å². The van der Waals surface area contributed by atoms with E-state index < -0.39 is 0 Å². The lowest BCUT2D eigenvalue weighted by Crippen LogP contribution is -2.36. The van der Waals surface area contributed by atoms with E-state index in [1.165, 1.54) is 0 Å². The Morgan fingerprint density at radius 1 is 1.03 bits per heavy atom. The third-order valence-electron chi connectivity index (χ3n) is 6.92. The summed E-state index contributed by atoms with van der Waals surface area (Å²) in [5, 5.41) is 4.26. The minimum absolute atomic E-state index is 0.153. The molecule has 0 bridgehead atoms. The Kier molecular flexibility index (Phi) is 6.13. The first-order chi connectivity index (χ1) is 18.5. The van der Waals surface area contributed by atoms with Gasteiger partial charge in [0.25, 0.3) is 5.91 Å². The average molecular weight is 508 g/mol. The third-order valence-corrected chi connectivity index (χ3v) is 6.92. The van der Waals surface area contributed by atoms with Crippen LogP contribution in [0.25, 0.3) is 21.9 Å². The van der Waals surface area contributed by atoms with Gasteiger partial charge in [0, 0.05) is 48.8 Å². The smallest absolute Gasteiger partial charge is 0.260 e. The van der Waals surface area contributed by atoms with Gasteiger partial charge in [-0.15, -0.1) is 0 Å². The molecule has 2 N–H and O–H groups in total. The first kappa shape index (κ1) is 23.9. The number of H-pyrrole nitrogens is 1. The summed E-state index contributed by atoms with van der Waals surface area (Å²) in [5.74, 6) is 1.05. The molecule has 3 aromatic carbocycles. The highest BCUT2D eigenvalue weighted by molar-refractivity contribution is 6.13. The Morgan fingerprint density at radius 3 is 2.61 bits per heavy atom. The van der Waals surface area contributed by atoms with Crippen LogP contribution in [0.3, 0.4) is 0 Å². The fourth-order valence-electron chi connectivity index (χ4n) is 4.88. The number of nitrogens with zero attached hydrogens (tertiary/aromatic N) is 5. The zero-order valence-corrected chi connectivity index (χ0v) is 21.7. The van der Waals surface area contributed by atoms with Gasteiger partial charge in [0.2, 0.25) is 5.95 Å².